The third-order valence-electron chi connectivity index (χ3n) is 4.69. The van der Waals surface area contributed by atoms with Gasteiger partial charge in [0.05, 0.1) is 0 Å². The molecule has 0 fully saturated rings. The van der Waals surface area contributed by atoms with Gasteiger partial charge < -0.3 is 10.4 Å². The van der Waals surface area contributed by atoms with Crippen LogP contribution in [0.4, 0.5) is 5.69 Å². The van der Waals surface area contributed by atoms with Crippen molar-refractivity contribution in [2.24, 2.45) is 0 Å². The van der Waals surface area contributed by atoms with Crippen molar-refractivity contribution in [1.29, 1.82) is 0 Å². The molecule has 1 aromatic carbocycles. The molecule has 0 amide bonds. The standard InChI is InChI=1S/C18H29NO/c1-4-5-6-7-15(13-20)14-8-9-16-17(12-14)19-11-10-18(16,2)3/h8-9,12,15,19-20H,4-7,10-11,13H2,1-3H3/t15-/m1/s1. The van der Waals surface area contributed by atoms with Crippen molar-refractivity contribution in [3.63, 3.8) is 0 Å². The molecule has 1 aromatic rings. The fourth-order valence-electron chi connectivity index (χ4n) is 3.20. The molecule has 2 rings (SSSR count). The highest BCUT2D eigenvalue weighted by Crippen LogP contribution is 2.38. The van der Waals surface area contributed by atoms with E-state index in [9.17, 15) is 5.11 Å². The lowest BCUT2D eigenvalue weighted by molar-refractivity contribution is 0.256. The Kier molecular flexibility index (Phi) is 5.09. The van der Waals surface area contributed by atoms with Gasteiger partial charge in [0.15, 0.2) is 0 Å². The van der Waals surface area contributed by atoms with Gasteiger partial charge in [-0.15, -0.1) is 0 Å². The van der Waals surface area contributed by atoms with E-state index >= 15 is 0 Å². The molecule has 1 aliphatic heterocycles. The van der Waals surface area contributed by atoms with E-state index in [0.717, 1.165) is 13.0 Å². The van der Waals surface area contributed by atoms with E-state index in [2.05, 4.69) is 44.3 Å². The van der Waals surface area contributed by atoms with Crippen LogP contribution in [0, 0.1) is 0 Å². The molecule has 20 heavy (non-hydrogen) atoms. The average molecular weight is 275 g/mol. The first-order valence-corrected chi connectivity index (χ1v) is 8.07. The Morgan fingerprint density at radius 2 is 2.10 bits per heavy atom. The van der Waals surface area contributed by atoms with Crippen LogP contribution in [0.1, 0.15) is 69.9 Å². The van der Waals surface area contributed by atoms with Gasteiger partial charge >= 0.3 is 0 Å². The fraction of sp³-hybridized carbons (Fsp3) is 0.667. The van der Waals surface area contributed by atoms with Crippen molar-refractivity contribution >= 4 is 5.69 Å². The van der Waals surface area contributed by atoms with E-state index in [1.807, 2.05) is 0 Å². The minimum atomic E-state index is 0.256. The Hall–Kier alpha value is -1.02. The lowest BCUT2D eigenvalue weighted by Gasteiger charge is -2.34. The Bertz CT molecular complexity index is 439. The summed E-state index contributed by atoms with van der Waals surface area (Å²) in [4.78, 5) is 0. The third-order valence-corrected chi connectivity index (χ3v) is 4.69. The monoisotopic (exact) mass is 275 g/mol. The van der Waals surface area contributed by atoms with Crippen LogP contribution < -0.4 is 5.32 Å². The molecule has 1 heterocycles. The summed E-state index contributed by atoms with van der Waals surface area (Å²) in [5.74, 6) is 0.290. The Balaban J connectivity index is 2.17. The SMILES string of the molecule is CCCCC[C@H](CO)c1ccc2c(c1)NCCC2(C)C. The van der Waals surface area contributed by atoms with Gasteiger partial charge in [0.25, 0.3) is 0 Å². The zero-order valence-electron chi connectivity index (χ0n) is 13.2. The number of aliphatic hydroxyl groups excluding tert-OH is 1. The first-order valence-electron chi connectivity index (χ1n) is 8.07. The maximum atomic E-state index is 9.67. The van der Waals surface area contributed by atoms with Gasteiger partial charge in [-0.1, -0.05) is 52.2 Å². The van der Waals surface area contributed by atoms with Crippen molar-refractivity contribution < 1.29 is 5.11 Å². The minimum Gasteiger partial charge on any atom is -0.396 e. The first-order chi connectivity index (χ1) is 9.58. The van der Waals surface area contributed by atoms with E-state index < -0.39 is 0 Å². The number of anilines is 1. The highest BCUT2D eigenvalue weighted by Gasteiger charge is 2.27. The molecule has 2 N–H and O–H groups in total. The summed E-state index contributed by atoms with van der Waals surface area (Å²) < 4.78 is 0. The van der Waals surface area contributed by atoms with Crippen LogP contribution in [0.25, 0.3) is 0 Å². The topological polar surface area (TPSA) is 32.3 Å². The number of benzene rings is 1. The van der Waals surface area contributed by atoms with E-state index in [0.29, 0.717) is 5.92 Å². The molecule has 0 saturated heterocycles. The lowest BCUT2D eigenvalue weighted by Crippen LogP contribution is -2.28. The van der Waals surface area contributed by atoms with Crippen molar-refractivity contribution in [2.45, 2.75) is 64.2 Å². The highest BCUT2D eigenvalue weighted by atomic mass is 16.3. The zero-order valence-corrected chi connectivity index (χ0v) is 13.2. The predicted octanol–water partition coefficient (Wildman–Crippen LogP) is 4.44. The van der Waals surface area contributed by atoms with E-state index in [-0.39, 0.29) is 12.0 Å². The van der Waals surface area contributed by atoms with Gasteiger partial charge in [0, 0.05) is 24.8 Å². The van der Waals surface area contributed by atoms with Gasteiger partial charge in [-0.05, 0) is 35.4 Å². The van der Waals surface area contributed by atoms with Crippen molar-refractivity contribution in [3.8, 4) is 0 Å². The number of hydrogen-bond donors (Lipinski definition) is 2. The quantitative estimate of drug-likeness (QED) is 0.752. The summed E-state index contributed by atoms with van der Waals surface area (Å²) in [5, 5.41) is 13.2. The summed E-state index contributed by atoms with van der Waals surface area (Å²) >= 11 is 0. The third kappa shape index (κ3) is 3.35. The number of rotatable bonds is 6. The normalized spacial score (nSPS) is 18.2. The number of hydrogen-bond acceptors (Lipinski definition) is 2. The summed E-state index contributed by atoms with van der Waals surface area (Å²) in [6, 6.07) is 6.75. The molecule has 0 unspecified atom stereocenters. The molecule has 0 aromatic heterocycles. The van der Waals surface area contributed by atoms with Crippen LogP contribution >= 0.6 is 0 Å². The van der Waals surface area contributed by atoms with Crippen molar-refractivity contribution in [3.05, 3.63) is 29.3 Å². The minimum absolute atomic E-state index is 0.256. The average Bonchev–Trinajstić information content (AvgIpc) is 2.43. The molecule has 0 radical (unpaired) electrons. The maximum Gasteiger partial charge on any atom is 0.0499 e. The van der Waals surface area contributed by atoms with Gasteiger partial charge in [-0.3, -0.25) is 0 Å². The Morgan fingerprint density at radius 1 is 1.30 bits per heavy atom. The van der Waals surface area contributed by atoms with E-state index in [1.165, 1.54) is 42.5 Å². The first kappa shape index (κ1) is 15.4. The van der Waals surface area contributed by atoms with Crippen LogP contribution in [0.2, 0.25) is 0 Å². The second kappa shape index (κ2) is 6.62. The Labute approximate surface area is 123 Å². The maximum absolute atomic E-state index is 9.67. The van der Waals surface area contributed by atoms with Crippen LogP contribution in [0.3, 0.4) is 0 Å². The van der Waals surface area contributed by atoms with Crippen molar-refractivity contribution in [1.82, 2.24) is 0 Å². The molecule has 112 valence electrons. The van der Waals surface area contributed by atoms with E-state index in [4.69, 9.17) is 0 Å². The van der Waals surface area contributed by atoms with Crippen LogP contribution in [-0.4, -0.2) is 18.3 Å². The summed E-state index contributed by atoms with van der Waals surface area (Å²) in [7, 11) is 0. The number of aliphatic hydroxyl groups is 1. The smallest absolute Gasteiger partial charge is 0.0499 e. The molecule has 2 heteroatoms. The molecule has 0 saturated carbocycles. The second-order valence-corrected chi connectivity index (χ2v) is 6.74. The molecular weight excluding hydrogens is 246 g/mol. The lowest BCUT2D eigenvalue weighted by atomic mass is 9.77. The molecule has 0 bridgehead atoms. The van der Waals surface area contributed by atoms with Crippen molar-refractivity contribution in [2.75, 3.05) is 18.5 Å². The van der Waals surface area contributed by atoms with Gasteiger partial charge in [-0.2, -0.15) is 0 Å². The van der Waals surface area contributed by atoms with Gasteiger partial charge in [-0.25, -0.2) is 0 Å². The van der Waals surface area contributed by atoms with Crippen LogP contribution in [0.15, 0.2) is 18.2 Å². The predicted molar refractivity (Wildman–Crippen MR) is 86.5 cm³/mol. The van der Waals surface area contributed by atoms with E-state index in [1.54, 1.807) is 0 Å². The second-order valence-electron chi connectivity index (χ2n) is 6.74. The summed E-state index contributed by atoms with van der Waals surface area (Å²) in [6.45, 7) is 8.15. The molecule has 0 aliphatic carbocycles. The Morgan fingerprint density at radius 3 is 2.80 bits per heavy atom. The highest BCUT2D eigenvalue weighted by molar-refractivity contribution is 5.58. The molecule has 1 atom stereocenters. The number of fused-ring (bicyclic) bond motifs is 1. The summed E-state index contributed by atoms with van der Waals surface area (Å²) in [5.41, 5.74) is 4.23. The molecular formula is C18H29NO. The largest absolute Gasteiger partial charge is 0.396 e. The fourth-order valence-corrected chi connectivity index (χ4v) is 3.20. The van der Waals surface area contributed by atoms with Gasteiger partial charge in [0.2, 0.25) is 0 Å². The number of unbranched alkanes of at least 4 members (excludes halogenated alkanes) is 2. The zero-order chi connectivity index (χ0) is 14.6. The molecule has 2 nitrogen and oxygen atoms in total. The van der Waals surface area contributed by atoms with Crippen LogP contribution in [0.5, 0.6) is 0 Å². The summed E-state index contributed by atoms with van der Waals surface area (Å²) in [6.07, 6.45) is 5.97. The molecule has 0 spiro atoms. The van der Waals surface area contributed by atoms with Crippen LogP contribution in [-0.2, 0) is 5.41 Å². The van der Waals surface area contributed by atoms with Gasteiger partial charge in [0.1, 0.15) is 0 Å². The molecule has 1 aliphatic rings. The number of nitrogens with one attached hydrogen (secondary N) is 1.